The van der Waals surface area contributed by atoms with Crippen molar-refractivity contribution in [2.24, 2.45) is 0 Å². The van der Waals surface area contributed by atoms with E-state index in [2.05, 4.69) is 4.90 Å². The van der Waals surface area contributed by atoms with E-state index >= 15 is 0 Å². The minimum atomic E-state index is -0.888. The van der Waals surface area contributed by atoms with E-state index in [-0.39, 0.29) is 12.5 Å². The first-order chi connectivity index (χ1) is 13.1. The molecule has 7 heteroatoms. The van der Waals surface area contributed by atoms with Gasteiger partial charge in [-0.2, -0.15) is 0 Å². The average Bonchev–Trinajstić information content (AvgIpc) is 2.70. The number of amides is 2. The molecule has 2 aliphatic heterocycles. The third-order valence-corrected chi connectivity index (χ3v) is 4.98. The van der Waals surface area contributed by atoms with Crippen LogP contribution in [0, 0.1) is 0 Å². The molecule has 2 aliphatic rings. The average molecular weight is 367 g/mol. The van der Waals surface area contributed by atoms with E-state index in [1.54, 1.807) is 4.90 Å². The number of hydrogen-bond donors (Lipinski definition) is 1. The maximum absolute atomic E-state index is 12.5. The van der Waals surface area contributed by atoms with Crippen LogP contribution in [0.3, 0.4) is 0 Å². The Bertz CT molecular complexity index is 848. The van der Waals surface area contributed by atoms with Crippen LogP contribution in [0.25, 0.3) is 0 Å². The first kappa shape index (κ1) is 17.2. The zero-order valence-corrected chi connectivity index (χ0v) is 14.9. The fourth-order valence-corrected chi connectivity index (χ4v) is 3.55. The molecule has 1 N–H and O–H groups in total. The Balaban J connectivity index is 1.60. The number of carbonyl (C=O) groups is 2. The first-order valence-corrected chi connectivity index (χ1v) is 8.96. The molecule has 0 radical (unpaired) electrons. The number of nitrogens with zero attached hydrogens (tertiary/aromatic N) is 3. The summed E-state index contributed by atoms with van der Waals surface area (Å²) in [7, 11) is 0. The zero-order valence-electron chi connectivity index (χ0n) is 14.9. The van der Waals surface area contributed by atoms with E-state index < -0.39 is 6.09 Å². The maximum Gasteiger partial charge on any atom is 0.407 e. The Labute approximate surface area is 157 Å². The molecule has 140 valence electrons. The van der Waals surface area contributed by atoms with Gasteiger partial charge in [-0.1, -0.05) is 36.4 Å². The van der Waals surface area contributed by atoms with Gasteiger partial charge < -0.3 is 24.5 Å². The van der Waals surface area contributed by atoms with Gasteiger partial charge in [0.05, 0.1) is 17.9 Å². The summed E-state index contributed by atoms with van der Waals surface area (Å²) in [6, 6.07) is 15.6. The second-order valence-corrected chi connectivity index (χ2v) is 6.64. The molecule has 2 amide bonds. The summed E-state index contributed by atoms with van der Waals surface area (Å²) in [6.07, 6.45) is -0.888. The number of rotatable bonds is 3. The fourth-order valence-electron chi connectivity index (χ4n) is 3.55. The summed E-state index contributed by atoms with van der Waals surface area (Å²) >= 11 is 0. The lowest BCUT2D eigenvalue weighted by atomic mass is 10.1. The maximum atomic E-state index is 12.5. The SMILES string of the molecule is O=C(O)N1CCN(c2cccc3c2OCC(=O)N3Cc2ccccc2)CC1. The smallest absolute Gasteiger partial charge is 0.407 e. The van der Waals surface area contributed by atoms with Crippen molar-refractivity contribution in [1.82, 2.24) is 4.90 Å². The van der Waals surface area contributed by atoms with Crippen LogP contribution in [-0.2, 0) is 11.3 Å². The Kier molecular flexibility index (Phi) is 4.58. The number of anilines is 2. The molecular weight excluding hydrogens is 346 g/mol. The summed E-state index contributed by atoms with van der Waals surface area (Å²) in [5.41, 5.74) is 2.72. The molecule has 0 atom stereocenters. The predicted octanol–water partition coefficient (Wildman–Crippen LogP) is 2.41. The molecule has 0 aliphatic carbocycles. The Morgan fingerprint density at radius 2 is 1.67 bits per heavy atom. The molecular formula is C20H21N3O4. The van der Waals surface area contributed by atoms with Crippen LogP contribution in [0.2, 0.25) is 0 Å². The molecule has 1 fully saturated rings. The second kappa shape index (κ2) is 7.19. The van der Waals surface area contributed by atoms with Crippen LogP contribution in [0.4, 0.5) is 16.2 Å². The molecule has 0 unspecified atom stereocenters. The molecule has 2 heterocycles. The number of piperazine rings is 1. The number of fused-ring (bicyclic) bond motifs is 1. The topological polar surface area (TPSA) is 73.3 Å². The molecule has 2 aromatic carbocycles. The quantitative estimate of drug-likeness (QED) is 0.902. The van der Waals surface area contributed by atoms with Gasteiger partial charge in [-0.05, 0) is 17.7 Å². The Morgan fingerprint density at radius 3 is 2.37 bits per heavy atom. The molecule has 27 heavy (non-hydrogen) atoms. The number of para-hydroxylation sites is 1. The van der Waals surface area contributed by atoms with Crippen molar-refractivity contribution in [2.45, 2.75) is 6.54 Å². The minimum Gasteiger partial charge on any atom is -0.479 e. The van der Waals surface area contributed by atoms with Gasteiger partial charge in [-0.15, -0.1) is 0 Å². The van der Waals surface area contributed by atoms with Gasteiger partial charge in [0.25, 0.3) is 5.91 Å². The standard InChI is InChI=1S/C20H21N3O4/c24-18-14-27-19-16(21-9-11-22(12-10-21)20(25)26)7-4-8-17(19)23(18)13-15-5-2-1-3-6-15/h1-8H,9-14H2,(H,25,26). The van der Waals surface area contributed by atoms with Crippen LogP contribution in [0.5, 0.6) is 5.75 Å². The predicted molar refractivity (Wildman–Crippen MR) is 101 cm³/mol. The third-order valence-electron chi connectivity index (χ3n) is 4.98. The van der Waals surface area contributed by atoms with Gasteiger partial charge in [0.15, 0.2) is 12.4 Å². The van der Waals surface area contributed by atoms with Crippen LogP contribution in [0.15, 0.2) is 48.5 Å². The molecule has 7 nitrogen and oxygen atoms in total. The molecule has 0 spiro atoms. The van der Waals surface area contributed by atoms with E-state index in [1.807, 2.05) is 48.5 Å². The van der Waals surface area contributed by atoms with E-state index in [0.29, 0.717) is 38.5 Å². The van der Waals surface area contributed by atoms with Crippen molar-refractivity contribution in [1.29, 1.82) is 0 Å². The van der Waals surface area contributed by atoms with Crippen LogP contribution >= 0.6 is 0 Å². The first-order valence-electron chi connectivity index (χ1n) is 8.96. The number of hydrogen-bond acceptors (Lipinski definition) is 4. The molecule has 4 rings (SSSR count). The normalized spacial score (nSPS) is 16.7. The van der Waals surface area contributed by atoms with Crippen LogP contribution < -0.4 is 14.5 Å². The summed E-state index contributed by atoms with van der Waals surface area (Å²) in [6.45, 7) is 2.59. The summed E-state index contributed by atoms with van der Waals surface area (Å²) in [5.74, 6) is 0.621. The van der Waals surface area contributed by atoms with E-state index in [9.17, 15) is 9.59 Å². The van der Waals surface area contributed by atoms with Gasteiger partial charge in [0.2, 0.25) is 0 Å². The van der Waals surface area contributed by atoms with Crippen LogP contribution in [-0.4, -0.2) is 54.8 Å². The van der Waals surface area contributed by atoms with E-state index in [4.69, 9.17) is 9.84 Å². The summed E-state index contributed by atoms with van der Waals surface area (Å²) < 4.78 is 5.80. The third kappa shape index (κ3) is 3.40. The molecule has 0 saturated carbocycles. The van der Waals surface area contributed by atoms with Gasteiger partial charge >= 0.3 is 6.09 Å². The number of benzene rings is 2. The highest BCUT2D eigenvalue weighted by molar-refractivity contribution is 5.99. The van der Waals surface area contributed by atoms with Gasteiger partial charge in [0, 0.05) is 26.2 Å². The van der Waals surface area contributed by atoms with Crippen molar-refractivity contribution in [3.8, 4) is 5.75 Å². The van der Waals surface area contributed by atoms with Crippen molar-refractivity contribution in [3.05, 3.63) is 54.1 Å². The lowest BCUT2D eigenvalue weighted by Gasteiger charge is -2.37. The summed E-state index contributed by atoms with van der Waals surface area (Å²) in [5, 5.41) is 9.13. The van der Waals surface area contributed by atoms with Crippen molar-refractivity contribution >= 4 is 23.4 Å². The highest BCUT2D eigenvalue weighted by Gasteiger charge is 2.30. The largest absolute Gasteiger partial charge is 0.479 e. The summed E-state index contributed by atoms with van der Waals surface area (Å²) in [4.78, 5) is 28.9. The Morgan fingerprint density at radius 1 is 0.963 bits per heavy atom. The van der Waals surface area contributed by atoms with E-state index in [1.165, 1.54) is 4.90 Å². The molecule has 0 aromatic heterocycles. The lowest BCUT2D eigenvalue weighted by Crippen LogP contribution is -2.48. The lowest BCUT2D eigenvalue weighted by molar-refractivity contribution is -0.121. The van der Waals surface area contributed by atoms with E-state index in [0.717, 1.165) is 16.9 Å². The van der Waals surface area contributed by atoms with Crippen molar-refractivity contribution < 1.29 is 19.4 Å². The number of ether oxygens (including phenoxy) is 1. The zero-order chi connectivity index (χ0) is 18.8. The molecule has 1 saturated heterocycles. The highest BCUT2D eigenvalue weighted by Crippen LogP contribution is 2.41. The van der Waals surface area contributed by atoms with Gasteiger partial charge in [-0.25, -0.2) is 4.79 Å². The van der Waals surface area contributed by atoms with Crippen LogP contribution in [0.1, 0.15) is 5.56 Å². The molecule has 0 bridgehead atoms. The number of carbonyl (C=O) groups excluding carboxylic acids is 1. The van der Waals surface area contributed by atoms with Crippen molar-refractivity contribution in [3.63, 3.8) is 0 Å². The monoisotopic (exact) mass is 367 g/mol. The minimum absolute atomic E-state index is 0.00589. The van der Waals surface area contributed by atoms with Gasteiger partial charge in [0.1, 0.15) is 0 Å². The fraction of sp³-hybridized carbons (Fsp3) is 0.300. The Hall–Kier alpha value is -3.22. The highest BCUT2D eigenvalue weighted by atomic mass is 16.5. The van der Waals surface area contributed by atoms with Gasteiger partial charge in [-0.3, -0.25) is 4.79 Å². The van der Waals surface area contributed by atoms with Crippen molar-refractivity contribution in [2.75, 3.05) is 42.6 Å². The second-order valence-electron chi connectivity index (χ2n) is 6.64. The molecule has 2 aromatic rings. The number of carboxylic acid groups (broad SMARTS) is 1.